The minimum atomic E-state index is -0.574. The fraction of sp³-hybridized carbons (Fsp3) is 0.400. The van der Waals surface area contributed by atoms with Crippen LogP contribution < -0.4 is 11.2 Å². The number of thiazole rings is 1. The van der Waals surface area contributed by atoms with Gasteiger partial charge in [0.15, 0.2) is 0 Å². The number of hydrogen-bond donors (Lipinski definition) is 1. The highest BCUT2D eigenvalue weighted by molar-refractivity contribution is 7.13. The molecule has 0 bridgehead atoms. The molecule has 4 nitrogen and oxygen atoms in total. The van der Waals surface area contributed by atoms with Crippen LogP contribution in [0.15, 0.2) is 23.6 Å². The second-order valence-corrected chi connectivity index (χ2v) is 7.26. The number of nitrogen functional groups attached to an aromatic ring is 1. The third-order valence-corrected chi connectivity index (χ3v) is 5.16. The molecule has 1 aromatic carbocycles. The molecule has 0 radical (unpaired) electrons. The summed E-state index contributed by atoms with van der Waals surface area (Å²) in [6, 6.07) is 4.93. The predicted octanol–water partition coefficient (Wildman–Crippen LogP) is 2.83. The molecule has 1 saturated heterocycles. The maximum Gasteiger partial charge on any atom is 0.494 e. The summed E-state index contributed by atoms with van der Waals surface area (Å²) in [6.07, 6.45) is 0. The van der Waals surface area contributed by atoms with Crippen LogP contribution in [0.5, 0.6) is 0 Å². The topological polar surface area (TPSA) is 57.4 Å². The molecule has 116 valence electrons. The van der Waals surface area contributed by atoms with E-state index in [4.69, 9.17) is 15.0 Å². The molecule has 0 amide bonds. The van der Waals surface area contributed by atoms with Crippen LogP contribution in [-0.4, -0.2) is 23.3 Å². The van der Waals surface area contributed by atoms with Crippen LogP contribution in [0, 0.1) is 5.82 Å². The lowest BCUT2D eigenvalue weighted by Crippen LogP contribution is -2.41. The molecule has 2 aromatic rings. The van der Waals surface area contributed by atoms with Crippen molar-refractivity contribution in [3.05, 3.63) is 29.4 Å². The Kier molecular flexibility index (Phi) is 3.54. The number of nitrogens with two attached hydrogens (primary N) is 1. The fourth-order valence-electron chi connectivity index (χ4n) is 2.24. The normalized spacial score (nSPS) is 19.6. The quantitative estimate of drug-likeness (QED) is 0.865. The van der Waals surface area contributed by atoms with Crippen molar-refractivity contribution in [2.45, 2.75) is 38.9 Å². The first-order valence-electron chi connectivity index (χ1n) is 7.06. The van der Waals surface area contributed by atoms with E-state index in [0.29, 0.717) is 21.9 Å². The van der Waals surface area contributed by atoms with E-state index in [0.717, 1.165) is 0 Å². The maximum absolute atomic E-state index is 14.4. The van der Waals surface area contributed by atoms with E-state index < -0.39 is 18.3 Å². The molecule has 0 atom stereocenters. The Bertz CT molecular complexity index is 701. The predicted molar refractivity (Wildman–Crippen MR) is 87.6 cm³/mol. The van der Waals surface area contributed by atoms with Crippen molar-refractivity contribution in [1.82, 2.24) is 4.98 Å². The lowest BCUT2D eigenvalue weighted by atomic mass is 9.78. The molecule has 1 aliphatic rings. The maximum atomic E-state index is 14.4. The van der Waals surface area contributed by atoms with Gasteiger partial charge in [-0.3, -0.25) is 0 Å². The smallest absolute Gasteiger partial charge is 0.399 e. The Labute approximate surface area is 133 Å². The van der Waals surface area contributed by atoms with Crippen LogP contribution in [0.3, 0.4) is 0 Å². The number of anilines is 1. The number of aromatic nitrogens is 1. The second-order valence-electron chi connectivity index (χ2n) is 6.41. The average Bonchev–Trinajstić information content (AvgIpc) is 2.91. The zero-order valence-corrected chi connectivity index (χ0v) is 13.8. The van der Waals surface area contributed by atoms with E-state index in [1.54, 1.807) is 17.5 Å². The van der Waals surface area contributed by atoms with Crippen LogP contribution in [0.4, 0.5) is 10.2 Å². The number of nitrogens with zero attached hydrogens (tertiary/aromatic N) is 1. The molecule has 2 heterocycles. The standard InChI is InChI=1S/C15H18BFN2O2S/c1-14(2)15(3,4)21-16(20-14)9-5-6-10(11(17)7-9)13-19-12(18)8-22-13/h5-8H,18H2,1-4H3. The Hall–Kier alpha value is -1.44. The molecule has 7 heteroatoms. The van der Waals surface area contributed by atoms with E-state index in [1.807, 2.05) is 27.7 Å². The highest BCUT2D eigenvalue weighted by Crippen LogP contribution is 2.36. The van der Waals surface area contributed by atoms with Crippen molar-refractivity contribution in [1.29, 1.82) is 0 Å². The van der Waals surface area contributed by atoms with Gasteiger partial charge in [0.1, 0.15) is 16.6 Å². The molecule has 0 spiro atoms. The van der Waals surface area contributed by atoms with Crippen LogP contribution in [-0.2, 0) is 9.31 Å². The molecule has 1 aromatic heterocycles. The van der Waals surface area contributed by atoms with Crippen molar-refractivity contribution < 1.29 is 13.7 Å². The van der Waals surface area contributed by atoms with Crippen LogP contribution in [0.25, 0.3) is 10.6 Å². The van der Waals surface area contributed by atoms with Gasteiger partial charge in [-0.05, 0) is 45.3 Å². The minimum Gasteiger partial charge on any atom is -0.399 e. The van der Waals surface area contributed by atoms with Gasteiger partial charge in [-0.1, -0.05) is 6.07 Å². The van der Waals surface area contributed by atoms with E-state index in [1.165, 1.54) is 17.4 Å². The second kappa shape index (κ2) is 5.04. The first-order valence-corrected chi connectivity index (χ1v) is 7.94. The molecule has 1 aliphatic heterocycles. The van der Waals surface area contributed by atoms with E-state index in [9.17, 15) is 4.39 Å². The van der Waals surface area contributed by atoms with Crippen LogP contribution >= 0.6 is 11.3 Å². The van der Waals surface area contributed by atoms with Crippen LogP contribution in [0.2, 0.25) is 0 Å². The molecule has 22 heavy (non-hydrogen) atoms. The monoisotopic (exact) mass is 320 g/mol. The largest absolute Gasteiger partial charge is 0.494 e. The van der Waals surface area contributed by atoms with Gasteiger partial charge in [0.05, 0.1) is 11.2 Å². The number of halogens is 1. The molecular formula is C15H18BFN2O2S. The first-order chi connectivity index (χ1) is 10.2. The summed E-state index contributed by atoms with van der Waals surface area (Å²) in [5, 5.41) is 2.26. The van der Waals surface area contributed by atoms with Crippen LogP contribution in [0.1, 0.15) is 27.7 Å². The first kappa shape index (κ1) is 15.5. The van der Waals surface area contributed by atoms with Gasteiger partial charge in [0.2, 0.25) is 0 Å². The van der Waals surface area contributed by atoms with Gasteiger partial charge in [-0.15, -0.1) is 11.3 Å². The molecule has 1 fully saturated rings. The Morgan fingerprint density at radius 2 is 1.82 bits per heavy atom. The summed E-state index contributed by atoms with van der Waals surface area (Å²) >= 11 is 1.32. The molecule has 3 rings (SSSR count). The average molecular weight is 320 g/mol. The van der Waals surface area contributed by atoms with Gasteiger partial charge in [-0.2, -0.15) is 0 Å². The summed E-state index contributed by atoms with van der Waals surface area (Å²) in [6.45, 7) is 7.87. The number of hydrogen-bond acceptors (Lipinski definition) is 5. The Morgan fingerprint density at radius 3 is 2.32 bits per heavy atom. The van der Waals surface area contributed by atoms with Gasteiger partial charge < -0.3 is 15.0 Å². The fourth-order valence-corrected chi connectivity index (χ4v) is 2.98. The summed E-state index contributed by atoms with van der Waals surface area (Å²) in [7, 11) is -0.574. The molecule has 2 N–H and O–H groups in total. The highest BCUT2D eigenvalue weighted by Gasteiger charge is 2.51. The van der Waals surface area contributed by atoms with Crippen molar-refractivity contribution in [3.8, 4) is 10.6 Å². The van der Waals surface area contributed by atoms with Crippen molar-refractivity contribution in [2.75, 3.05) is 5.73 Å². The molecular weight excluding hydrogens is 302 g/mol. The van der Waals surface area contributed by atoms with Crippen molar-refractivity contribution >= 4 is 29.7 Å². The molecule has 0 aliphatic carbocycles. The molecule has 0 saturated carbocycles. The Balaban J connectivity index is 1.90. The van der Waals surface area contributed by atoms with Gasteiger partial charge in [-0.25, -0.2) is 9.37 Å². The van der Waals surface area contributed by atoms with Gasteiger partial charge >= 0.3 is 7.12 Å². The van der Waals surface area contributed by atoms with E-state index >= 15 is 0 Å². The Morgan fingerprint density at radius 1 is 1.18 bits per heavy atom. The third-order valence-electron chi connectivity index (χ3n) is 4.27. The van der Waals surface area contributed by atoms with Crippen molar-refractivity contribution in [3.63, 3.8) is 0 Å². The summed E-state index contributed by atoms with van der Waals surface area (Å²) < 4.78 is 26.3. The summed E-state index contributed by atoms with van der Waals surface area (Å²) in [4.78, 5) is 4.11. The zero-order valence-electron chi connectivity index (χ0n) is 13.0. The number of rotatable bonds is 2. The van der Waals surface area contributed by atoms with Gasteiger partial charge in [0.25, 0.3) is 0 Å². The SMILES string of the molecule is CC1(C)OB(c2ccc(-c3nc(N)cs3)c(F)c2)OC1(C)C. The molecule has 0 unspecified atom stereocenters. The summed E-state index contributed by atoms with van der Waals surface area (Å²) in [5.74, 6) is 0.0380. The summed E-state index contributed by atoms with van der Waals surface area (Å²) in [5.41, 5.74) is 5.79. The zero-order chi connectivity index (χ0) is 16.1. The lowest BCUT2D eigenvalue weighted by Gasteiger charge is -2.32. The third kappa shape index (κ3) is 2.53. The van der Waals surface area contributed by atoms with E-state index in [-0.39, 0.29) is 5.82 Å². The van der Waals surface area contributed by atoms with Gasteiger partial charge in [0, 0.05) is 10.9 Å². The number of benzene rings is 1. The van der Waals surface area contributed by atoms with E-state index in [2.05, 4.69) is 4.98 Å². The highest BCUT2D eigenvalue weighted by atomic mass is 32.1. The van der Waals surface area contributed by atoms with Crippen molar-refractivity contribution in [2.24, 2.45) is 0 Å². The lowest BCUT2D eigenvalue weighted by molar-refractivity contribution is 0.00578. The minimum absolute atomic E-state index is 0.360.